The topological polar surface area (TPSA) is 52.9 Å². The maximum absolute atomic E-state index is 11.2. The fourth-order valence-corrected chi connectivity index (χ4v) is 8.47. The summed E-state index contributed by atoms with van der Waals surface area (Å²) in [5, 5.41) is 21.7. The van der Waals surface area contributed by atoms with Gasteiger partial charge in [0.1, 0.15) is 5.75 Å². The van der Waals surface area contributed by atoms with Crippen molar-refractivity contribution in [3.05, 3.63) is 29.3 Å². The average molecular weight is 426 g/mol. The summed E-state index contributed by atoms with van der Waals surface area (Å²) in [4.78, 5) is 2.78. The van der Waals surface area contributed by atoms with Gasteiger partial charge in [-0.3, -0.25) is 4.90 Å². The second-order valence-electron chi connectivity index (χ2n) is 12.0. The van der Waals surface area contributed by atoms with Crippen LogP contribution in [0.15, 0.2) is 18.2 Å². The van der Waals surface area contributed by atoms with E-state index in [0.717, 1.165) is 63.8 Å². The molecule has 6 rings (SSSR count). The summed E-state index contributed by atoms with van der Waals surface area (Å²) in [6.07, 6.45) is 11.8. The van der Waals surface area contributed by atoms with Crippen molar-refractivity contribution in [1.29, 1.82) is 0 Å². The van der Waals surface area contributed by atoms with E-state index in [0.29, 0.717) is 11.8 Å². The lowest BCUT2D eigenvalue weighted by Crippen LogP contribution is -2.70. The van der Waals surface area contributed by atoms with Crippen LogP contribution >= 0.6 is 0 Å². The zero-order chi connectivity index (χ0) is 21.5. The van der Waals surface area contributed by atoms with E-state index >= 15 is 0 Å². The van der Waals surface area contributed by atoms with Crippen LogP contribution < -0.4 is 0 Å². The fraction of sp³-hybridized carbons (Fsp3) is 0.778. The van der Waals surface area contributed by atoms with E-state index in [2.05, 4.69) is 24.0 Å². The molecule has 4 heteroatoms. The first-order valence-corrected chi connectivity index (χ1v) is 12.8. The van der Waals surface area contributed by atoms with E-state index in [1.165, 1.54) is 36.9 Å². The molecule has 1 aromatic rings. The van der Waals surface area contributed by atoms with E-state index in [-0.39, 0.29) is 16.6 Å². The molecular formula is C27H39NO3. The van der Waals surface area contributed by atoms with Crippen LogP contribution in [-0.2, 0) is 16.6 Å². The van der Waals surface area contributed by atoms with Gasteiger partial charge in [0.25, 0.3) is 0 Å². The molecule has 5 aliphatic rings. The Labute approximate surface area is 187 Å². The number of nitrogens with zero attached hydrogens (tertiary/aromatic N) is 1. The second kappa shape index (κ2) is 6.71. The van der Waals surface area contributed by atoms with Crippen LogP contribution in [0.1, 0.15) is 89.2 Å². The minimum atomic E-state index is -0.680. The summed E-state index contributed by atoms with van der Waals surface area (Å²) in [5.41, 5.74) is 1.66. The van der Waals surface area contributed by atoms with Gasteiger partial charge in [-0.1, -0.05) is 19.4 Å². The largest absolute Gasteiger partial charge is 0.508 e. The summed E-state index contributed by atoms with van der Waals surface area (Å²) >= 11 is 0. The molecule has 5 atom stereocenters. The molecule has 1 unspecified atom stereocenters. The van der Waals surface area contributed by atoms with Crippen molar-refractivity contribution < 1.29 is 14.9 Å². The van der Waals surface area contributed by atoms with E-state index in [1.807, 2.05) is 13.0 Å². The average Bonchev–Trinajstić information content (AvgIpc) is 3.47. The zero-order valence-electron chi connectivity index (χ0n) is 19.3. The minimum Gasteiger partial charge on any atom is -0.508 e. The molecule has 4 bridgehead atoms. The lowest BCUT2D eigenvalue weighted by atomic mass is 9.53. The summed E-state index contributed by atoms with van der Waals surface area (Å²) in [6.45, 7) is 6.54. The molecule has 4 nitrogen and oxygen atoms in total. The number of phenolic OH excluding ortho intramolecular Hbond substituents is 1. The number of rotatable bonds is 6. The number of aliphatic hydroxyl groups is 1. The Hall–Kier alpha value is -1.10. The molecule has 0 aromatic heterocycles. The molecule has 2 aliphatic carbocycles. The van der Waals surface area contributed by atoms with E-state index in [1.54, 1.807) is 0 Å². The Kier molecular flexibility index (Phi) is 4.44. The van der Waals surface area contributed by atoms with Crippen molar-refractivity contribution in [3.63, 3.8) is 0 Å². The molecule has 1 saturated carbocycles. The highest BCUT2D eigenvalue weighted by atomic mass is 16.5. The normalized spacial score (nSPS) is 40.8. The number of benzene rings is 1. The molecule has 1 spiro atoms. The number of ether oxygens (including phenoxy) is 1. The molecule has 31 heavy (non-hydrogen) atoms. The lowest BCUT2D eigenvalue weighted by Gasteiger charge is -2.61. The number of phenols is 1. The first-order chi connectivity index (χ1) is 14.8. The zero-order valence-corrected chi connectivity index (χ0v) is 19.3. The van der Waals surface area contributed by atoms with Gasteiger partial charge < -0.3 is 14.9 Å². The lowest BCUT2D eigenvalue weighted by molar-refractivity contribution is -0.215. The Morgan fingerprint density at radius 1 is 1.23 bits per heavy atom. The van der Waals surface area contributed by atoms with Gasteiger partial charge in [0.2, 0.25) is 0 Å². The van der Waals surface area contributed by atoms with Crippen molar-refractivity contribution in [2.24, 2.45) is 5.92 Å². The highest BCUT2D eigenvalue weighted by Gasteiger charge is 2.73. The third kappa shape index (κ3) is 2.97. The summed E-state index contributed by atoms with van der Waals surface area (Å²) in [5.74, 6) is 1.26. The molecule has 170 valence electrons. The van der Waals surface area contributed by atoms with Gasteiger partial charge in [0.05, 0.1) is 16.8 Å². The van der Waals surface area contributed by atoms with Crippen LogP contribution in [0.4, 0.5) is 0 Å². The van der Waals surface area contributed by atoms with Gasteiger partial charge in [-0.2, -0.15) is 0 Å². The highest BCUT2D eigenvalue weighted by Crippen LogP contribution is 2.68. The van der Waals surface area contributed by atoms with Crippen LogP contribution in [-0.4, -0.2) is 51.0 Å². The molecule has 3 heterocycles. The highest BCUT2D eigenvalue weighted by molar-refractivity contribution is 5.50. The van der Waals surface area contributed by atoms with E-state index < -0.39 is 5.60 Å². The number of likely N-dealkylation sites (tertiary alicyclic amines) is 1. The van der Waals surface area contributed by atoms with Crippen molar-refractivity contribution in [3.8, 4) is 5.75 Å². The molecule has 3 saturated heterocycles. The fourth-order valence-electron chi connectivity index (χ4n) is 8.47. The predicted octanol–water partition coefficient (Wildman–Crippen LogP) is 4.69. The molecule has 1 aromatic carbocycles. The molecule has 2 N–H and O–H groups in total. The van der Waals surface area contributed by atoms with E-state index in [9.17, 15) is 10.2 Å². The second-order valence-corrected chi connectivity index (χ2v) is 12.0. The standard InChI is InChI=1S/C27H39NO3/c1-3-9-24(2,30)17-25-10-4-11-27(31-25)23-14-20-7-8-21(29)15-22(20)26(27,18-25)12-13-28(23)16-19-5-6-19/h7-8,15,19,23,29-30H,3-6,9-14,16-18H2,1-2H3/t23-,24?,25+,26-,27-/m1/s1. The molecule has 0 amide bonds. The van der Waals surface area contributed by atoms with Crippen molar-refractivity contribution in [2.45, 2.75) is 113 Å². The van der Waals surface area contributed by atoms with Crippen LogP contribution in [0, 0.1) is 5.92 Å². The number of fused-ring (bicyclic) bond motifs is 2. The van der Waals surface area contributed by atoms with Crippen molar-refractivity contribution in [1.82, 2.24) is 4.90 Å². The SMILES string of the molecule is CCCC(C)(O)C[C@]12CCC[C@@]3(O1)[C@H]1Cc4ccc(O)cc4[C@@]3(CCN1CC1CC1)C2. The van der Waals surface area contributed by atoms with E-state index in [4.69, 9.17) is 4.74 Å². The third-order valence-electron chi connectivity index (χ3n) is 9.52. The Morgan fingerprint density at radius 2 is 2.06 bits per heavy atom. The third-order valence-corrected chi connectivity index (χ3v) is 9.52. The van der Waals surface area contributed by atoms with Gasteiger partial charge in [-0.15, -0.1) is 0 Å². The smallest absolute Gasteiger partial charge is 0.115 e. The van der Waals surface area contributed by atoms with Gasteiger partial charge in [0.15, 0.2) is 0 Å². The minimum absolute atomic E-state index is 0.0250. The predicted molar refractivity (Wildman–Crippen MR) is 121 cm³/mol. The first-order valence-electron chi connectivity index (χ1n) is 12.8. The van der Waals surface area contributed by atoms with Crippen LogP contribution in [0.2, 0.25) is 0 Å². The molecule has 4 fully saturated rings. The van der Waals surface area contributed by atoms with Crippen LogP contribution in [0.5, 0.6) is 5.75 Å². The van der Waals surface area contributed by atoms with Crippen LogP contribution in [0.25, 0.3) is 0 Å². The van der Waals surface area contributed by atoms with Gasteiger partial charge in [0, 0.05) is 24.4 Å². The van der Waals surface area contributed by atoms with Crippen molar-refractivity contribution >= 4 is 0 Å². The number of aromatic hydroxyl groups is 1. The monoisotopic (exact) mass is 425 g/mol. The quantitative estimate of drug-likeness (QED) is 0.694. The maximum Gasteiger partial charge on any atom is 0.115 e. The summed E-state index contributed by atoms with van der Waals surface area (Å²) in [6, 6.07) is 6.54. The maximum atomic E-state index is 11.2. The summed E-state index contributed by atoms with van der Waals surface area (Å²) < 4.78 is 7.36. The Balaban J connectivity index is 1.46. The number of hydrogen-bond acceptors (Lipinski definition) is 4. The summed E-state index contributed by atoms with van der Waals surface area (Å²) in [7, 11) is 0. The van der Waals surface area contributed by atoms with Gasteiger partial charge in [-0.05, 0) is 100 Å². The molecule has 3 aliphatic heterocycles. The first kappa shape index (κ1) is 20.5. The molecular weight excluding hydrogens is 386 g/mol. The van der Waals surface area contributed by atoms with Gasteiger partial charge >= 0.3 is 0 Å². The Morgan fingerprint density at radius 3 is 2.84 bits per heavy atom. The Bertz CT molecular complexity index is 879. The van der Waals surface area contributed by atoms with Crippen LogP contribution in [0.3, 0.4) is 0 Å². The molecule has 0 radical (unpaired) electrons. The number of piperidine rings is 1. The van der Waals surface area contributed by atoms with Gasteiger partial charge in [-0.25, -0.2) is 0 Å². The number of hydrogen-bond donors (Lipinski definition) is 2. The van der Waals surface area contributed by atoms with Crippen molar-refractivity contribution in [2.75, 3.05) is 13.1 Å².